The van der Waals surface area contributed by atoms with Crippen LogP contribution in [-0.2, 0) is 0 Å². The summed E-state index contributed by atoms with van der Waals surface area (Å²) in [6.45, 7) is 18.2. The summed E-state index contributed by atoms with van der Waals surface area (Å²) in [6, 6.07) is 6.30. The molecule has 0 aromatic heterocycles. The molecule has 0 bridgehead atoms. The molecule has 115 valence electrons. The minimum Gasteiger partial charge on any atom is -0.383 e. The van der Waals surface area contributed by atoms with Crippen LogP contribution >= 0.6 is 0 Å². The number of hydrogen-bond donors (Lipinski definition) is 1. The molecule has 2 nitrogen and oxygen atoms in total. The SMILES string of the molecule is [CH]=C(NCCN(C)C)c1ccc(=C\C)/c(=C(/C)C(=C)C)c1.[HH]. The molecule has 1 aromatic rings. The average molecular weight is 285 g/mol. The van der Waals surface area contributed by atoms with Crippen molar-refractivity contribution in [3.63, 3.8) is 0 Å². The second-order valence-corrected chi connectivity index (χ2v) is 5.64. The van der Waals surface area contributed by atoms with Crippen molar-refractivity contribution in [3.05, 3.63) is 52.9 Å². The molecule has 1 aromatic carbocycles. The van der Waals surface area contributed by atoms with E-state index in [2.05, 4.69) is 48.0 Å². The third-order valence-corrected chi connectivity index (χ3v) is 3.59. The molecule has 0 fully saturated rings. The van der Waals surface area contributed by atoms with Crippen LogP contribution in [-0.4, -0.2) is 32.1 Å². The summed E-state index contributed by atoms with van der Waals surface area (Å²) in [4.78, 5) is 2.12. The molecule has 1 radical (unpaired) electrons. The largest absolute Gasteiger partial charge is 0.383 e. The highest BCUT2D eigenvalue weighted by Gasteiger charge is 2.01. The fourth-order valence-corrected chi connectivity index (χ4v) is 2.05. The van der Waals surface area contributed by atoms with Gasteiger partial charge in [0.2, 0.25) is 0 Å². The van der Waals surface area contributed by atoms with Gasteiger partial charge >= 0.3 is 0 Å². The number of nitrogens with one attached hydrogen (secondary N) is 1. The lowest BCUT2D eigenvalue weighted by atomic mass is 10.0. The molecule has 0 aliphatic rings. The number of allylic oxidation sites excluding steroid dienone is 1. The van der Waals surface area contributed by atoms with E-state index in [0.29, 0.717) is 0 Å². The van der Waals surface area contributed by atoms with Gasteiger partial charge in [-0.2, -0.15) is 0 Å². The van der Waals surface area contributed by atoms with Gasteiger partial charge in [-0.15, -0.1) is 0 Å². The summed E-state index contributed by atoms with van der Waals surface area (Å²) >= 11 is 0. The van der Waals surface area contributed by atoms with E-state index in [1.54, 1.807) is 0 Å². The normalized spacial score (nSPS) is 13.3. The van der Waals surface area contributed by atoms with E-state index in [4.69, 9.17) is 6.58 Å². The highest BCUT2D eigenvalue weighted by Crippen LogP contribution is 2.07. The Kier molecular flexibility index (Phi) is 6.44. The molecule has 0 heterocycles. The Labute approximate surface area is 130 Å². The molecule has 0 aliphatic carbocycles. The van der Waals surface area contributed by atoms with Crippen molar-refractivity contribution in [1.82, 2.24) is 10.2 Å². The van der Waals surface area contributed by atoms with Crippen molar-refractivity contribution in [2.45, 2.75) is 20.8 Å². The first-order valence-corrected chi connectivity index (χ1v) is 7.31. The molecular formula is C19H29N2. The van der Waals surface area contributed by atoms with Gasteiger partial charge in [0, 0.05) is 20.2 Å². The summed E-state index contributed by atoms with van der Waals surface area (Å²) in [5.41, 5.74) is 4.02. The predicted octanol–water partition coefficient (Wildman–Crippen LogP) is 2.40. The van der Waals surface area contributed by atoms with Crippen molar-refractivity contribution < 1.29 is 1.43 Å². The van der Waals surface area contributed by atoms with Crippen molar-refractivity contribution in [1.29, 1.82) is 0 Å². The van der Waals surface area contributed by atoms with E-state index >= 15 is 0 Å². The maximum atomic E-state index is 6.16. The number of hydrogen-bond acceptors (Lipinski definition) is 2. The summed E-state index contributed by atoms with van der Waals surface area (Å²) in [6.07, 6.45) is 2.11. The first kappa shape index (κ1) is 17.3. The summed E-state index contributed by atoms with van der Waals surface area (Å²) < 4.78 is 0. The van der Waals surface area contributed by atoms with E-state index in [9.17, 15) is 0 Å². The lowest BCUT2D eigenvalue weighted by Gasteiger charge is -2.13. The number of nitrogens with zero attached hydrogens (tertiary/aromatic N) is 1. The van der Waals surface area contributed by atoms with Crippen LogP contribution in [0.15, 0.2) is 30.4 Å². The van der Waals surface area contributed by atoms with Crippen LogP contribution in [0.3, 0.4) is 0 Å². The van der Waals surface area contributed by atoms with Crippen LogP contribution in [0.4, 0.5) is 0 Å². The van der Waals surface area contributed by atoms with Crippen LogP contribution in [0.1, 0.15) is 27.8 Å². The Morgan fingerprint density at radius 3 is 2.57 bits per heavy atom. The van der Waals surface area contributed by atoms with E-state index in [1.807, 2.05) is 27.9 Å². The average Bonchev–Trinajstić information content (AvgIpc) is 2.45. The van der Waals surface area contributed by atoms with Crippen LogP contribution in [0, 0.1) is 6.58 Å². The Balaban J connectivity index is 0.00000441. The van der Waals surface area contributed by atoms with Crippen LogP contribution in [0.2, 0.25) is 0 Å². The smallest absolute Gasteiger partial charge is 0.0415 e. The molecule has 0 saturated carbocycles. The molecule has 0 aliphatic heterocycles. The van der Waals surface area contributed by atoms with Gasteiger partial charge in [0.05, 0.1) is 0 Å². The number of rotatable bonds is 6. The summed E-state index contributed by atoms with van der Waals surface area (Å²) in [7, 11) is 4.10. The van der Waals surface area contributed by atoms with Crippen molar-refractivity contribution in [2.24, 2.45) is 0 Å². The molecule has 21 heavy (non-hydrogen) atoms. The zero-order valence-corrected chi connectivity index (χ0v) is 14.0. The van der Waals surface area contributed by atoms with Gasteiger partial charge in [-0.1, -0.05) is 30.4 Å². The zero-order chi connectivity index (χ0) is 16.0. The molecule has 2 heteroatoms. The van der Waals surface area contributed by atoms with Gasteiger partial charge in [-0.05, 0) is 69.1 Å². The molecule has 0 unspecified atom stereocenters. The summed E-state index contributed by atoms with van der Waals surface area (Å²) in [5, 5.41) is 5.68. The van der Waals surface area contributed by atoms with Gasteiger partial charge in [0.25, 0.3) is 0 Å². The van der Waals surface area contributed by atoms with Crippen molar-refractivity contribution in [2.75, 3.05) is 27.2 Å². The Bertz CT molecular complexity index is 642. The minimum absolute atomic E-state index is 0. The molecule has 0 atom stereocenters. The van der Waals surface area contributed by atoms with Gasteiger partial charge < -0.3 is 10.2 Å². The monoisotopic (exact) mass is 285 g/mol. The standard InChI is InChI=1S/C19H27N2.H2/c1-8-17-9-10-18(13-19(17)15(4)14(2)3)16(5)20-11-12-21(6)7;/h5,8-10,13,20H,2,11-12H2,1,3-4,6-7H3;1H/b16-5?,17-8+,19-15-;. The molecule has 1 N–H and O–H groups in total. The lowest BCUT2D eigenvalue weighted by Crippen LogP contribution is -2.29. The fourth-order valence-electron chi connectivity index (χ4n) is 2.05. The summed E-state index contributed by atoms with van der Waals surface area (Å²) in [5.74, 6) is 0. The van der Waals surface area contributed by atoms with Crippen LogP contribution in [0.25, 0.3) is 17.3 Å². The third-order valence-electron chi connectivity index (χ3n) is 3.59. The Hall–Kier alpha value is -1.80. The van der Waals surface area contributed by atoms with Gasteiger partial charge in [-0.25, -0.2) is 0 Å². The molecule has 1 rings (SSSR count). The van der Waals surface area contributed by atoms with Gasteiger partial charge in [-0.3, -0.25) is 0 Å². The first-order valence-electron chi connectivity index (χ1n) is 7.31. The quantitative estimate of drug-likeness (QED) is 0.863. The zero-order valence-electron chi connectivity index (χ0n) is 14.0. The van der Waals surface area contributed by atoms with Gasteiger partial charge in [0.15, 0.2) is 0 Å². The minimum atomic E-state index is 0. The predicted molar refractivity (Wildman–Crippen MR) is 96.1 cm³/mol. The number of likely N-dealkylation sites (N-methyl/N-ethyl adjacent to an activating group) is 1. The Morgan fingerprint density at radius 2 is 2.05 bits per heavy atom. The van der Waals surface area contributed by atoms with Crippen LogP contribution in [0.5, 0.6) is 0 Å². The van der Waals surface area contributed by atoms with E-state index in [1.165, 1.54) is 16.0 Å². The fraction of sp³-hybridized carbons (Fsp3) is 0.368. The highest BCUT2D eigenvalue weighted by molar-refractivity contribution is 5.65. The second kappa shape index (κ2) is 7.84. The van der Waals surface area contributed by atoms with Crippen LogP contribution < -0.4 is 15.8 Å². The topological polar surface area (TPSA) is 15.3 Å². The maximum Gasteiger partial charge on any atom is 0.0415 e. The van der Waals surface area contributed by atoms with E-state index in [0.717, 1.165) is 29.9 Å². The molecule has 0 amide bonds. The third kappa shape index (κ3) is 4.91. The second-order valence-electron chi connectivity index (χ2n) is 5.64. The first-order chi connectivity index (χ1) is 9.86. The lowest BCUT2D eigenvalue weighted by molar-refractivity contribution is 0.411. The highest BCUT2D eigenvalue weighted by atomic mass is 15.1. The Morgan fingerprint density at radius 1 is 1.38 bits per heavy atom. The number of benzene rings is 1. The van der Waals surface area contributed by atoms with E-state index in [-0.39, 0.29) is 1.43 Å². The maximum absolute atomic E-state index is 6.16. The van der Waals surface area contributed by atoms with Crippen molar-refractivity contribution >= 4 is 17.3 Å². The van der Waals surface area contributed by atoms with Gasteiger partial charge in [0.1, 0.15) is 0 Å². The molecule has 0 spiro atoms. The molecule has 0 saturated heterocycles. The molecular weight excluding hydrogens is 256 g/mol. The van der Waals surface area contributed by atoms with Crippen molar-refractivity contribution in [3.8, 4) is 0 Å². The van der Waals surface area contributed by atoms with E-state index < -0.39 is 0 Å².